The zero-order valence-corrected chi connectivity index (χ0v) is 13.4. The van der Waals surface area contributed by atoms with E-state index in [9.17, 15) is 9.59 Å². The largest absolute Gasteiger partial charge is 0.289 e. The fourth-order valence-corrected chi connectivity index (χ4v) is 2.07. The Labute approximate surface area is 146 Å². The molecule has 1 heterocycles. The summed E-state index contributed by atoms with van der Waals surface area (Å²) < 4.78 is 0. The minimum absolute atomic E-state index is 0.323. The Morgan fingerprint density at radius 2 is 1.52 bits per heavy atom. The van der Waals surface area contributed by atoms with Gasteiger partial charge in [0.15, 0.2) is 0 Å². The van der Waals surface area contributed by atoms with Crippen molar-refractivity contribution in [3.8, 4) is 6.07 Å². The fraction of sp³-hybridized carbons (Fsp3) is 0. The van der Waals surface area contributed by atoms with Gasteiger partial charge in [-0.05, 0) is 11.1 Å². The first-order valence-electron chi connectivity index (χ1n) is 7.61. The predicted molar refractivity (Wildman–Crippen MR) is 97.8 cm³/mol. The topological polar surface area (TPSA) is 70.0 Å². The second-order valence-electron chi connectivity index (χ2n) is 5.00. The van der Waals surface area contributed by atoms with E-state index >= 15 is 0 Å². The SMILES string of the molecule is N#CC=CC=Cc1ccccc1.O=C1C=C(c2ccccc2)C(=O)N1. The number of nitrogens with one attached hydrogen (secondary N) is 1. The van der Waals surface area contributed by atoms with Crippen LogP contribution in [-0.4, -0.2) is 11.8 Å². The molecule has 3 rings (SSSR count). The number of amides is 2. The minimum Gasteiger partial charge on any atom is -0.289 e. The standard InChI is InChI=1S/C11H9N.C10H7NO2/c12-10-6-2-5-9-11-7-3-1-4-8-11;12-9-6-8(10(13)11-9)7-4-2-1-3-5-7/h1-9H;1-6H,(H,11,12,13). The van der Waals surface area contributed by atoms with Gasteiger partial charge >= 0.3 is 0 Å². The highest BCUT2D eigenvalue weighted by atomic mass is 16.2. The smallest absolute Gasteiger partial charge is 0.258 e. The van der Waals surface area contributed by atoms with Gasteiger partial charge in [0, 0.05) is 12.2 Å². The first-order chi connectivity index (χ1) is 12.2. The molecule has 0 atom stereocenters. The number of carbonyl (C=O) groups excluding carboxylic acids is 2. The normalized spacial score (nSPS) is 13.2. The Morgan fingerprint density at radius 3 is 2.08 bits per heavy atom. The number of carbonyl (C=O) groups is 2. The van der Waals surface area contributed by atoms with Crippen molar-refractivity contribution in [3.05, 3.63) is 96.1 Å². The molecule has 0 fully saturated rings. The van der Waals surface area contributed by atoms with Crippen molar-refractivity contribution in [3.63, 3.8) is 0 Å². The zero-order valence-electron chi connectivity index (χ0n) is 13.4. The van der Waals surface area contributed by atoms with E-state index in [1.807, 2.05) is 66.8 Å². The molecule has 4 nitrogen and oxygen atoms in total. The van der Waals surface area contributed by atoms with E-state index < -0.39 is 0 Å². The fourth-order valence-electron chi connectivity index (χ4n) is 2.07. The molecule has 0 saturated carbocycles. The van der Waals surface area contributed by atoms with Crippen LogP contribution in [0.4, 0.5) is 0 Å². The minimum atomic E-state index is -0.344. The molecule has 4 heteroatoms. The number of imide groups is 1. The van der Waals surface area contributed by atoms with Crippen LogP contribution in [0.1, 0.15) is 11.1 Å². The Morgan fingerprint density at radius 1 is 0.880 bits per heavy atom. The van der Waals surface area contributed by atoms with E-state index in [0.29, 0.717) is 5.57 Å². The van der Waals surface area contributed by atoms with Gasteiger partial charge in [-0.2, -0.15) is 5.26 Å². The van der Waals surface area contributed by atoms with Crippen LogP contribution in [0.3, 0.4) is 0 Å². The highest BCUT2D eigenvalue weighted by Crippen LogP contribution is 2.16. The van der Waals surface area contributed by atoms with Crippen molar-refractivity contribution in [1.29, 1.82) is 5.26 Å². The van der Waals surface area contributed by atoms with Gasteiger partial charge in [-0.1, -0.05) is 78.9 Å². The van der Waals surface area contributed by atoms with Crippen molar-refractivity contribution in [2.24, 2.45) is 0 Å². The molecule has 2 amide bonds. The van der Waals surface area contributed by atoms with Gasteiger partial charge in [-0.15, -0.1) is 0 Å². The lowest BCUT2D eigenvalue weighted by Crippen LogP contribution is -2.21. The highest BCUT2D eigenvalue weighted by molar-refractivity contribution is 6.33. The van der Waals surface area contributed by atoms with Gasteiger partial charge in [0.05, 0.1) is 11.6 Å². The van der Waals surface area contributed by atoms with Gasteiger partial charge in [0.2, 0.25) is 0 Å². The molecular formula is C21H16N2O2. The lowest BCUT2D eigenvalue weighted by Gasteiger charge is -1.97. The van der Waals surface area contributed by atoms with Crippen molar-refractivity contribution in [2.75, 3.05) is 0 Å². The maximum absolute atomic E-state index is 11.2. The summed E-state index contributed by atoms with van der Waals surface area (Å²) in [6.45, 7) is 0. The Balaban J connectivity index is 0.000000181. The highest BCUT2D eigenvalue weighted by Gasteiger charge is 2.21. The van der Waals surface area contributed by atoms with E-state index in [1.54, 1.807) is 18.2 Å². The molecule has 2 aromatic carbocycles. The molecule has 0 aliphatic carbocycles. The van der Waals surface area contributed by atoms with Crippen LogP contribution in [0.2, 0.25) is 0 Å². The van der Waals surface area contributed by atoms with Crippen LogP contribution in [0.25, 0.3) is 11.6 Å². The monoisotopic (exact) mass is 328 g/mol. The number of allylic oxidation sites excluding steroid dienone is 3. The summed E-state index contributed by atoms with van der Waals surface area (Å²) >= 11 is 0. The van der Waals surface area contributed by atoms with Gasteiger partial charge in [0.25, 0.3) is 11.8 Å². The summed E-state index contributed by atoms with van der Waals surface area (Å²) in [4.78, 5) is 22.0. The zero-order chi connectivity index (χ0) is 17.9. The van der Waals surface area contributed by atoms with Gasteiger partial charge in [0.1, 0.15) is 0 Å². The van der Waals surface area contributed by atoms with Crippen LogP contribution in [0, 0.1) is 11.3 Å². The van der Waals surface area contributed by atoms with E-state index in [0.717, 1.165) is 11.1 Å². The number of nitriles is 1. The summed E-state index contributed by atoms with van der Waals surface area (Å²) in [6, 6.07) is 21.0. The summed E-state index contributed by atoms with van der Waals surface area (Å²) in [7, 11) is 0. The molecular weight excluding hydrogens is 312 g/mol. The lowest BCUT2D eigenvalue weighted by molar-refractivity contribution is -0.123. The molecule has 1 aliphatic heterocycles. The van der Waals surface area contributed by atoms with Crippen LogP contribution >= 0.6 is 0 Å². The number of hydrogen-bond acceptors (Lipinski definition) is 3. The summed E-state index contributed by atoms with van der Waals surface area (Å²) in [5.41, 5.74) is 2.34. The molecule has 0 spiro atoms. The molecule has 0 saturated heterocycles. The van der Waals surface area contributed by atoms with E-state index in [4.69, 9.17) is 5.26 Å². The summed E-state index contributed by atoms with van der Waals surface area (Å²) in [5.74, 6) is -0.667. The van der Waals surface area contributed by atoms with Crippen molar-refractivity contribution in [1.82, 2.24) is 5.32 Å². The third kappa shape index (κ3) is 5.77. The van der Waals surface area contributed by atoms with Gasteiger partial charge in [-0.25, -0.2) is 0 Å². The molecule has 0 radical (unpaired) electrons. The number of benzene rings is 2. The first kappa shape index (κ1) is 17.6. The molecule has 0 aromatic heterocycles. The quantitative estimate of drug-likeness (QED) is 0.532. The molecule has 2 aromatic rings. The maximum Gasteiger partial charge on any atom is 0.258 e. The van der Waals surface area contributed by atoms with E-state index in [1.165, 1.54) is 12.2 Å². The summed E-state index contributed by atoms with van der Waals surface area (Å²) in [5, 5.41) is 10.4. The Bertz CT molecular complexity index is 858. The number of nitrogens with zero attached hydrogens (tertiary/aromatic N) is 1. The number of hydrogen-bond donors (Lipinski definition) is 1. The summed E-state index contributed by atoms with van der Waals surface area (Å²) in [6.07, 6.45) is 8.27. The molecule has 122 valence electrons. The predicted octanol–water partition coefficient (Wildman–Crippen LogP) is 3.51. The molecule has 0 bridgehead atoms. The van der Waals surface area contributed by atoms with E-state index in [-0.39, 0.29) is 11.8 Å². The first-order valence-corrected chi connectivity index (χ1v) is 7.61. The van der Waals surface area contributed by atoms with Gasteiger partial charge in [-0.3, -0.25) is 14.9 Å². The molecule has 1 aliphatic rings. The second kappa shape index (κ2) is 9.43. The average Bonchev–Trinajstić information content (AvgIpc) is 2.99. The van der Waals surface area contributed by atoms with Crippen molar-refractivity contribution in [2.45, 2.75) is 0 Å². The second-order valence-corrected chi connectivity index (χ2v) is 5.00. The molecule has 0 unspecified atom stereocenters. The van der Waals surface area contributed by atoms with Crippen LogP contribution in [0.15, 0.2) is 85.0 Å². The van der Waals surface area contributed by atoms with Gasteiger partial charge < -0.3 is 0 Å². The van der Waals surface area contributed by atoms with Crippen molar-refractivity contribution >= 4 is 23.5 Å². The molecule has 1 N–H and O–H groups in total. The number of rotatable bonds is 3. The Hall–Kier alpha value is -3.71. The van der Waals surface area contributed by atoms with E-state index in [2.05, 4.69) is 5.32 Å². The van der Waals surface area contributed by atoms with Crippen LogP contribution in [0.5, 0.6) is 0 Å². The third-order valence-corrected chi connectivity index (χ3v) is 3.21. The third-order valence-electron chi connectivity index (χ3n) is 3.21. The van der Waals surface area contributed by atoms with Crippen LogP contribution in [-0.2, 0) is 9.59 Å². The molecule has 25 heavy (non-hydrogen) atoms. The average molecular weight is 328 g/mol. The van der Waals surface area contributed by atoms with Crippen molar-refractivity contribution < 1.29 is 9.59 Å². The lowest BCUT2D eigenvalue weighted by atomic mass is 10.1. The Kier molecular flexibility index (Phi) is 6.66. The van der Waals surface area contributed by atoms with Crippen LogP contribution < -0.4 is 5.32 Å². The maximum atomic E-state index is 11.2.